The molecule has 0 saturated carbocycles. The van der Waals surface area contributed by atoms with Crippen LogP contribution in [0.15, 0.2) is 195 Å². The Kier molecular flexibility index (Phi) is 16.4. The minimum atomic E-state index is -2.14. The minimum Gasteiger partial charge on any atom is -0.201 e. The zero-order valence-corrected chi connectivity index (χ0v) is 63.8. The Balaban J connectivity index is 0.000000122. The first-order chi connectivity index (χ1) is 48.5. The Hall–Kier alpha value is -9.64. The van der Waals surface area contributed by atoms with Crippen LogP contribution in [0, 0.1) is 83.0 Å². The van der Waals surface area contributed by atoms with Crippen molar-refractivity contribution >= 4 is 0 Å². The molecule has 0 spiro atoms. The van der Waals surface area contributed by atoms with Crippen molar-refractivity contribution in [1.29, 1.82) is 0 Å². The van der Waals surface area contributed by atoms with E-state index in [4.69, 9.17) is 4.11 Å². The van der Waals surface area contributed by atoms with Gasteiger partial charge in [-0.2, -0.15) is 0 Å². The van der Waals surface area contributed by atoms with Crippen molar-refractivity contribution in [2.75, 3.05) is 0 Å². The van der Waals surface area contributed by atoms with Crippen LogP contribution in [-0.4, -0.2) is 0 Å². The second-order valence-corrected chi connectivity index (χ2v) is 31.9. The molecule has 0 aliphatic heterocycles. The number of benzene rings is 8. The topological polar surface area (TPSA) is 15.5 Å². The molecule has 0 N–H and O–H groups in total. The molecule has 100 heavy (non-hydrogen) atoms. The number of pyridine rings is 4. The Morgan fingerprint density at radius 2 is 0.570 bits per heavy atom. The van der Waals surface area contributed by atoms with Gasteiger partial charge in [0.1, 0.15) is 28.2 Å². The van der Waals surface area contributed by atoms with Crippen molar-refractivity contribution in [2.45, 2.75) is 160 Å². The van der Waals surface area contributed by atoms with Crippen LogP contribution in [0.2, 0.25) is 0 Å². The molecule has 0 bridgehead atoms. The normalized spacial score (nSPS) is 14.9. The molecule has 504 valence electrons. The van der Waals surface area contributed by atoms with Crippen molar-refractivity contribution in [3.05, 3.63) is 306 Å². The molecule has 0 fully saturated rings. The van der Waals surface area contributed by atoms with Crippen LogP contribution in [0.3, 0.4) is 0 Å². The SMILES string of the molecule is Cc1ccc(-c2c(C)ccc3c2C(C)(C)c2c(C)cccc2-3)[n+](C)c1.Cc1ccc2c(c1)-c1ccc(C)c(-c3ccc(C)c[n+]3C)c1C2(C)C.Cc1ccc2c(c1)C(C)(C)c1c-2ccc(C)c1-c1ccc(C)c[n+]1C.[2H]C([2H])([2H])c1cccc2c1-c1ccc(C)c(-c3ccc(C)c[n+]3C)c1C2(C)C. The maximum atomic E-state index is 8.06. The Bertz CT molecular complexity index is 5490. The highest BCUT2D eigenvalue weighted by atomic mass is 14.9. The average Bonchev–Trinajstić information content (AvgIpc) is 1.58. The summed E-state index contributed by atoms with van der Waals surface area (Å²) in [5, 5.41) is 0. The molecule has 4 aliphatic carbocycles. The summed E-state index contributed by atoms with van der Waals surface area (Å²) >= 11 is 0. The number of hydrogen-bond acceptors (Lipinski definition) is 0. The van der Waals surface area contributed by atoms with Gasteiger partial charge in [-0.25, -0.2) is 18.3 Å². The van der Waals surface area contributed by atoms with Gasteiger partial charge in [0.2, 0.25) is 22.8 Å². The molecule has 0 unspecified atom stereocenters. The Morgan fingerprint density at radius 3 is 1.02 bits per heavy atom. The molecule has 16 rings (SSSR count). The van der Waals surface area contributed by atoms with Gasteiger partial charge >= 0.3 is 0 Å². The van der Waals surface area contributed by atoms with Gasteiger partial charge in [0.25, 0.3) is 0 Å². The van der Waals surface area contributed by atoms with Crippen LogP contribution in [0.5, 0.6) is 0 Å². The summed E-state index contributed by atoms with van der Waals surface area (Å²) < 4.78 is 33.1. The zero-order valence-electron chi connectivity index (χ0n) is 66.8. The van der Waals surface area contributed by atoms with Gasteiger partial charge < -0.3 is 0 Å². The fourth-order valence-corrected chi connectivity index (χ4v) is 18.1. The van der Waals surface area contributed by atoms with Crippen LogP contribution in [0.25, 0.3) is 89.5 Å². The van der Waals surface area contributed by atoms with Crippen LogP contribution in [0.1, 0.15) is 171 Å². The fraction of sp³-hybridized carbons (Fsp3) is 0.292. The number of fused-ring (bicyclic) bond motifs is 12. The molecular formula is C96H104N4+4. The molecule has 4 heteroatoms. The summed E-state index contributed by atoms with van der Waals surface area (Å²) in [6.45, 7) is 40.5. The average molecular weight is 1320 g/mol. The Labute approximate surface area is 602 Å². The predicted octanol–water partition coefficient (Wildman–Crippen LogP) is 21.6. The first-order valence-corrected chi connectivity index (χ1v) is 35.9. The standard InChI is InChI=1S/4C24H26N/c1-15-7-11-20-19(13-15)18-10-9-17(3)22(23(18)24(20,4)5)21-12-8-16(2)14-25(21)6;1-15-7-10-18-19-11-9-17(3)22(21-12-8-16(2)14-25(21)6)23(19)24(4,5)20(18)13-15;1-15-10-13-20(25(6)14-15)21-16(2)11-12-19-18-9-7-8-17(3)22(18)24(4,5)23(19)21;1-15-10-13-20(25(6)14-15)22-17(3)11-12-18-21-16(2)8-7-9-19(21)24(4,5)23(18)22/h4*7-14H,1-6H3/q4*+1/i;;;2D3. The number of aryl methyl sites for hydroxylation is 16. The molecule has 0 radical (unpaired) electrons. The van der Waals surface area contributed by atoms with E-state index in [1.54, 1.807) is 6.07 Å². The number of nitrogens with zero attached hydrogens (tertiary/aromatic N) is 4. The van der Waals surface area contributed by atoms with Crippen LogP contribution in [-0.2, 0) is 49.9 Å². The van der Waals surface area contributed by atoms with Gasteiger partial charge in [0, 0.05) is 72.3 Å². The van der Waals surface area contributed by atoms with Gasteiger partial charge in [-0.15, -0.1) is 0 Å². The van der Waals surface area contributed by atoms with Crippen LogP contribution >= 0.6 is 0 Å². The van der Waals surface area contributed by atoms with Crippen molar-refractivity contribution in [3.8, 4) is 89.5 Å². The van der Waals surface area contributed by atoms with E-state index in [1.165, 1.54) is 173 Å². The third-order valence-corrected chi connectivity index (χ3v) is 22.8. The van der Waals surface area contributed by atoms with Crippen LogP contribution in [0.4, 0.5) is 0 Å². The second kappa shape index (κ2) is 25.2. The minimum absolute atomic E-state index is 0.00918. The summed E-state index contributed by atoms with van der Waals surface area (Å²) in [6, 6.07) is 62.0. The predicted molar refractivity (Wildman–Crippen MR) is 419 cm³/mol. The summed E-state index contributed by atoms with van der Waals surface area (Å²) in [5.74, 6) is 0. The van der Waals surface area contributed by atoms with E-state index in [0.29, 0.717) is 5.56 Å². The van der Waals surface area contributed by atoms with Crippen molar-refractivity contribution in [2.24, 2.45) is 28.2 Å². The van der Waals surface area contributed by atoms with Gasteiger partial charge in [-0.1, -0.05) is 188 Å². The first kappa shape index (κ1) is 65.0. The molecule has 4 aliphatic rings. The Morgan fingerprint density at radius 1 is 0.240 bits per heavy atom. The molecule has 4 aromatic heterocycles. The molecule has 4 nitrogen and oxygen atoms in total. The smallest absolute Gasteiger partial charge is 0.201 e. The quantitative estimate of drug-likeness (QED) is 0.156. The van der Waals surface area contributed by atoms with E-state index in [2.05, 4.69) is 361 Å². The molecule has 0 amide bonds. The zero-order chi connectivity index (χ0) is 74.2. The van der Waals surface area contributed by atoms with E-state index < -0.39 is 6.85 Å². The van der Waals surface area contributed by atoms with E-state index in [1.807, 2.05) is 6.07 Å². The molecule has 0 atom stereocenters. The largest absolute Gasteiger partial charge is 0.212 e. The number of hydrogen-bond donors (Lipinski definition) is 0. The highest BCUT2D eigenvalue weighted by molar-refractivity contribution is 5.93. The second-order valence-electron chi connectivity index (χ2n) is 31.9. The fourth-order valence-electron chi connectivity index (χ4n) is 18.1. The van der Waals surface area contributed by atoms with E-state index in [0.717, 1.165) is 22.4 Å². The maximum Gasteiger partial charge on any atom is 0.212 e. The van der Waals surface area contributed by atoms with E-state index in [-0.39, 0.29) is 21.7 Å². The van der Waals surface area contributed by atoms with Gasteiger partial charge in [-0.3, -0.25) is 0 Å². The lowest BCUT2D eigenvalue weighted by molar-refractivity contribution is -0.660. The monoisotopic (exact) mass is 1320 g/mol. The summed E-state index contributed by atoms with van der Waals surface area (Å²) in [5.41, 5.74) is 46.3. The lowest BCUT2D eigenvalue weighted by Gasteiger charge is -2.26. The molecule has 8 aromatic carbocycles. The molecule has 4 heterocycles. The highest BCUT2D eigenvalue weighted by Crippen LogP contribution is 2.57. The van der Waals surface area contributed by atoms with Gasteiger partial charge in [0.15, 0.2) is 24.8 Å². The third kappa shape index (κ3) is 11.3. The van der Waals surface area contributed by atoms with Gasteiger partial charge in [-0.05, 0) is 230 Å². The summed E-state index contributed by atoms with van der Waals surface area (Å²) in [4.78, 5) is 0. The lowest BCUT2D eigenvalue weighted by Crippen LogP contribution is -2.32. The molecular weight excluding hydrogens is 1210 g/mol. The number of rotatable bonds is 4. The van der Waals surface area contributed by atoms with E-state index >= 15 is 0 Å². The number of aromatic nitrogens is 4. The summed E-state index contributed by atoms with van der Waals surface area (Å²) in [7, 11) is 8.53. The van der Waals surface area contributed by atoms with Crippen molar-refractivity contribution < 1.29 is 22.4 Å². The first-order valence-electron chi connectivity index (χ1n) is 37.4. The molecule has 12 aromatic rings. The van der Waals surface area contributed by atoms with Crippen molar-refractivity contribution in [3.63, 3.8) is 0 Å². The van der Waals surface area contributed by atoms with E-state index in [9.17, 15) is 0 Å². The highest BCUT2D eigenvalue weighted by Gasteiger charge is 2.44. The van der Waals surface area contributed by atoms with Crippen LogP contribution < -0.4 is 18.3 Å². The molecule has 0 saturated heterocycles. The van der Waals surface area contributed by atoms with Gasteiger partial charge in [0.05, 0.1) is 22.3 Å². The maximum absolute atomic E-state index is 8.06. The third-order valence-electron chi connectivity index (χ3n) is 22.8. The lowest BCUT2D eigenvalue weighted by atomic mass is 9.77. The van der Waals surface area contributed by atoms with Crippen molar-refractivity contribution in [1.82, 2.24) is 0 Å². The summed E-state index contributed by atoms with van der Waals surface area (Å²) in [6.07, 6.45) is 8.78.